The number of aromatic nitrogens is 5. The number of benzene rings is 2. The van der Waals surface area contributed by atoms with Crippen LogP contribution in [0.4, 0.5) is 4.39 Å². The molecule has 3 heterocycles. The standard InChI is InChI=1S/C23H18FN5O/c1-30-17-8-6-15(7-9-17)21-12-16(27-28-21)13-29-11-10-20-22(14-29)26-23(25-20)18-4-2-3-5-19(18)24/h2-12,14H,13H2,1H3,(H,27,28). The Morgan fingerprint density at radius 1 is 0.967 bits per heavy atom. The van der Waals surface area contributed by atoms with E-state index in [1.165, 1.54) is 6.07 Å². The maximum Gasteiger partial charge on any atom is 0.163 e. The quantitative estimate of drug-likeness (QED) is 0.468. The van der Waals surface area contributed by atoms with Gasteiger partial charge in [-0.25, -0.2) is 14.4 Å². The fourth-order valence-electron chi connectivity index (χ4n) is 3.36. The summed E-state index contributed by atoms with van der Waals surface area (Å²) in [5, 5.41) is 7.49. The Bertz CT molecular complexity index is 1270. The van der Waals surface area contributed by atoms with Gasteiger partial charge in [0, 0.05) is 18.0 Å². The zero-order valence-corrected chi connectivity index (χ0v) is 16.2. The van der Waals surface area contributed by atoms with Crippen LogP contribution in [0.15, 0.2) is 73.1 Å². The maximum atomic E-state index is 14.1. The Kier molecular flexibility index (Phi) is 4.48. The van der Waals surface area contributed by atoms with Gasteiger partial charge in [-0.15, -0.1) is 0 Å². The molecular formula is C23H18FN5O. The molecule has 5 rings (SSSR count). The van der Waals surface area contributed by atoms with Crippen molar-refractivity contribution in [2.24, 2.45) is 0 Å². The molecule has 0 saturated heterocycles. The number of aromatic amines is 1. The van der Waals surface area contributed by atoms with Crippen LogP contribution in [0.3, 0.4) is 0 Å². The SMILES string of the molecule is COc1ccc(-c2cc(Cn3ccc4nc(-c5ccccc5F)nc-4c3)[nH]n2)cc1. The summed E-state index contributed by atoms with van der Waals surface area (Å²) in [7, 11) is 1.64. The number of nitrogens with one attached hydrogen (secondary N) is 1. The van der Waals surface area contributed by atoms with Crippen LogP contribution < -0.4 is 4.74 Å². The van der Waals surface area contributed by atoms with E-state index in [0.29, 0.717) is 23.6 Å². The molecule has 2 aromatic carbocycles. The fourth-order valence-corrected chi connectivity index (χ4v) is 3.36. The zero-order valence-electron chi connectivity index (χ0n) is 16.2. The fraction of sp³-hybridized carbons (Fsp3) is 0.0870. The summed E-state index contributed by atoms with van der Waals surface area (Å²) in [6.07, 6.45) is 3.83. The first-order valence-electron chi connectivity index (χ1n) is 9.47. The number of rotatable bonds is 5. The molecule has 1 N–H and O–H groups in total. The van der Waals surface area contributed by atoms with Gasteiger partial charge in [-0.05, 0) is 48.5 Å². The minimum absolute atomic E-state index is 0.329. The first-order valence-corrected chi connectivity index (χ1v) is 9.47. The van der Waals surface area contributed by atoms with Gasteiger partial charge >= 0.3 is 0 Å². The van der Waals surface area contributed by atoms with E-state index in [1.807, 2.05) is 53.4 Å². The number of pyridine rings is 1. The van der Waals surface area contributed by atoms with Crippen LogP contribution in [0.25, 0.3) is 34.0 Å². The van der Waals surface area contributed by atoms with Crippen LogP contribution in [0, 0.1) is 5.82 Å². The molecule has 0 radical (unpaired) electrons. The third-order valence-electron chi connectivity index (χ3n) is 4.91. The number of fused-ring (bicyclic) bond motifs is 1. The molecule has 0 spiro atoms. The number of halogens is 1. The molecule has 1 aromatic heterocycles. The number of nitrogens with zero attached hydrogens (tertiary/aromatic N) is 4. The Hall–Kier alpha value is -4.00. The highest BCUT2D eigenvalue weighted by atomic mass is 19.1. The molecule has 0 atom stereocenters. The van der Waals surface area contributed by atoms with E-state index < -0.39 is 0 Å². The van der Waals surface area contributed by atoms with E-state index in [2.05, 4.69) is 20.2 Å². The summed E-state index contributed by atoms with van der Waals surface area (Å²) >= 11 is 0. The Morgan fingerprint density at radius 3 is 2.57 bits per heavy atom. The molecule has 0 unspecified atom stereocenters. The largest absolute Gasteiger partial charge is 0.497 e. The summed E-state index contributed by atoms with van der Waals surface area (Å²) < 4.78 is 21.2. The summed E-state index contributed by atoms with van der Waals surface area (Å²) in [5.74, 6) is 0.873. The van der Waals surface area contributed by atoms with Gasteiger partial charge in [-0.1, -0.05) is 12.1 Å². The predicted molar refractivity (Wildman–Crippen MR) is 112 cm³/mol. The number of hydrogen-bond acceptors (Lipinski definition) is 4. The topological polar surface area (TPSA) is 68.6 Å². The lowest BCUT2D eigenvalue weighted by molar-refractivity contribution is 0.415. The number of hydrogen-bond donors (Lipinski definition) is 1. The molecule has 2 aliphatic rings. The third kappa shape index (κ3) is 3.41. The van der Waals surface area contributed by atoms with Crippen molar-refractivity contribution in [2.75, 3.05) is 7.11 Å². The molecule has 30 heavy (non-hydrogen) atoms. The van der Waals surface area contributed by atoms with Crippen LogP contribution in [-0.4, -0.2) is 31.8 Å². The molecule has 3 aromatic rings. The molecular weight excluding hydrogens is 381 g/mol. The lowest BCUT2D eigenvalue weighted by Crippen LogP contribution is -2.01. The van der Waals surface area contributed by atoms with Crippen LogP contribution in [0.5, 0.6) is 5.75 Å². The van der Waals surface area contributed by atoms with Crippen molar-refractivity contribution in [1.82, 2.24) is 24.7 Å². The van der Waals surface area contributed by atoms with Gasteiger partial charge in [0.1, 0.15) is 17.3 Å². The molecule has 0 aliphatic carbocycles. The van der Waals surface area contributed by atoms with Gasteiger partial charge in [0.15, 0.2) is 5.82 Å². The third-order valence-corrected chi connectivity index (χ3v) is 4.91. The second-order valence-electron chi connectivity index (χ2n) is 6.92. The molecule has 0 bridgehead atoms. The summed E-state index contributed by atoms with van der Waals surface area (Å²) in [6.45, 7) is 0.598. The second-order valence-corrected chi connectivity index (χ2v) is 6.92. The highest BCUT2D eigenvalue weighted by Gasteiger charge is 2.15. The monoisotopic (exact) mass is 399 g/mol. The Labute approximate surface area is 172 Å². The van der Waals surface area contributed by atoms with Crippen molar-refractivity contribution >= 4 is 0 Å². The minimum Gasteiger partial charge on any atom is -0.497 e. The van der Waals surface area contributed by atoms with Crippen molar-refractivity contribution in [3.05, 3.63) is 84.6 Å². The summed E-state index contributed by atoms with van der Waals surface area (Å²) in [5.41, 5.74) is 4.68. The zero-order chi connectivity index (χ0) is 20.5. The predicted octanol–water partition coefficient (Wildman–Crippen LogP) is 4.64. The van der Waals surface area contributed by atoms with Gasteiger partial charge in [0.25, 0.3) is 0 Å². The molecule has 0 fully saturated rings. The van der Waals surface area contributed by atoms with Crippen LogP contribution in [0.2, 0.25) is 0 Å². The van der Waals surface area contributed by atoms with Crippen LogP contribution in [-0.2, 0) is 6.54 Å². The van der Waals surface area contributed by atoms with E-state index in [0.717, 1.165) is 28.4 Å². The average molecular weight is 399 g/mol. The van der Waals surface area contributed by atoms with E-state index in [4.69, 9.17) is 4.74 Å². The Balaban J connectivity index is 1.39. The van der Waals surface area contributed by atoms with E-state index in [9.17, 15) is 4.39 Å². The lowest BCUT2D eigenvalue weighted by atomic mass is 10.1. The van der Waals surface area contributed by atoms with Crippen molar-refractivity contribution in [2.45, 2.75) is 6.54 Å². The molecule has 2 aliphatic heterocycles. The summed E-state index contributed by atoms with van der Waals surface area (Å²) in [6, 6.07) is 18.2. The van der Waals surface area contributed by atoms with Gasteiger partial charge in [0.2, 0.25) is 0 Å². The van der Waals surface area contributed by atoms with Gasteiger partial charge in [-0.3, -0.25) is 5.10 Å². The molecule has 6 nitrogen and oxygen atoms in total. The normalized spacial score (nSPS) is 11.1. The molecule has 0 amide bonds. The minimum atomic E-state index is -0.329. The van der Waals surface area contributed by atoms with E-state index >= 15 is 0 Å². The molecule has 7 heteroatoms. The van der Waals surface area contributed by atoms with Crippen molar-refractivity contribution in [3.8, 4) is 39.8 Å². The first kappa shape index (κ1) is 18.1. The lowest BCUT2D eigenvalue weighted by Gasteiger charge is -2.05. The number of H-pyrrole nitrogens is 1. The van der Waals surface area contributed by atoms with Crippen LogP contribution in [0.1, 0.15) is 5.69 Å². The van der Waals surface area contributed by atoms with E-state index in [1.54, 1.807) is 25.3 Å². The number of methoxy groups -OCH3 is 1. The smallest absolute Gasteiger partial charge is 0.163 e. The van der Waals surface area contributed by atoms with Gasteiger partial charge in [-0.2, -0.15) is 5.10 Å². The second kappa shape index (κ2) is 7.44. The maximum absolute atomic E-state index is 14.1. The first-order chi connectivity index (χ1) is 14.7. The highest BCUT2D eigenvalue weighted by Crippen LogP contribution is 2.27. The van der Waals surface area contributed by atoms with Crippen molar-refractivity contribution in [1.29, 1.82) is 0 Å². The van der Waals surface area contributed by atoms with Crippen molar-refractivity contribution < 1.29 is 9.13 Å². The average Bonchev–Trinajstić information content (AvgIpc) is 3.41. The highest BCUT2D eigenvalue weighted by molar-refractivity contribution is 5.66. The Morgan fingerprint density at radius 2 is 1.77 bits per heavy atom. The summed E-state index contributed by atoms with van der Waals surface area (Å²) in [4.78, 5) is 8.96. The molecule has 0 saturated carbocycles. The van der Waals surface area contributed by atoms with Gasteiger partial charge < -0.3 is 9.30 Å². The van der Waals surface area contributed by atoms with Crippen LogP contribution >= 0.6 is 0 Å². The van der Waals surface area contributed by atoms with Crippen molar-refractivity contribution in [3.63, 3.8) is 0 Å². The number of ether oxygens (including phenoxy) is 1. The van der Waals surface area contributed by atoms with Gasteiger partial charge in [0.05, 0.1) is 36.3 Å². The van der Waals surface area contributed by atoms with E-state index in [-0.39, 0.29) is 5.82 Å². The number of imidazole rings is 1. The molecule has 148 valence electrons.